The van der Waals surface area contributed by atoms with Crippen molar-refractivity contribution in [2.45, 2.75) is 36.7 Å². The molecule has 4 heterocycles. The van der Waals surface area contributed by atoms with Crippen LogP contribution in [0.25, 0.3) is 16.7 Å². The van der Waals surface area contributed by atoms with E-state index in [4.69, 9.17) is 4.74 Å². The van der Waals surface area contributed by atoms with Gasteiger partial charge in [0.1, 0.15) is 17.7 Å². The molecule has 0 unspecified atom stereocenters. The van der Waals surface area contributed by atoms with Crippen molar-refractivity contribution in [3.8, 4) is 11.6 Å². The highest BCUT2D eigenvalue weighted by Crippen LogP contribution is 2.25. The molecule has 1 amide bonds. The maximum atomic E-state index is 12.4. The fraction of sp³-hybridized carbons (Fsp3) is 0.440. The lowest BCUT2D eigenvalue weighted by molar-refractivity contribution is -0.131. The van der Waals surface area contributed by atoms with Gasteiger partial charge in [-0.25, -0.2) is 13.4 Å². The van der Waals surface area contributed by atoms with Crippen molar-refractivity contribution >= 4 is 26.6 Å². The monoisotopic (exact) mass is 482 g/mol. The lowest BCUT2D eigenvalue weighted by Crippen LogP contribution is -2.44. The number of nitrogens with zero attached hydrogens (tertiary/aromatic N) is 4. The predicted octanol–water partition coefficient (Wildman–Crippen LogP) is 2.89. The van der Waals surface area contributed by atoms with Crippen LogP contribution in [0.1, 0.15) is 25.7 Å². The summed E-state index contributed by atoms with van der Waals surface area (Å²) >= 11 is 0. The van der Waals surface area contributed by atoms with Gasteiger partial charge < -0.3 is 14.2 Å². The lowest BCUT2D eigenvalue weighted by Gasteiger charge is -2.32. The molecule has 3 aromatic rings. The summed E-state index contributed by atoms with van der Waals surface area (Å²) in [5.41, 5.74) is 0.893. The van der Waals surface area contributed by atoms with E-state index in [2.05, 4.69) is 9.88 Å². The van der Waals surface area contributed by atoms with E-state index >= 15 is 0 Å². The Bertz CT molecular complexity index is 1270. The SMILES string of the molecule is CS(=O)(=O)c1ccc2c(ccn2-c2ccc(OC3CCN(CC(=O)N4CCCC4)CC3)cn2)c1. The number of pyridine rings is 1. The Labute approximate surface area is 200 Å². The van der Waals surface area contributed by atoms with Crippen molar-refractivity contribution < 1.29 is 17.9 Å². The molecule has 2 aromatic heterocycles. The van der Waals surface area contributed by atoms with Crippen LogP contribution in [0, 0.1) is 0 Å². The van der Waals surface area contributed by atoms with Crippen molar-refractivity contribution in [1.82, 2.24) is 19.4 Å². The Kier molecular flexibility index (Phi) is 6.31. The van der Waals surface area contributed by atoms with Crippen molar-refractivity contribution in [3.63, 3.8) is 0 Å². The number of piperidine rings is 1. The summed E-state index contributed by atoms with van der Waals surface area (Å²) in [5.74, 6) is 1.72. The molecule has 0 radical (unpaired) electrons. The second-order valence-electron chi connectivity index (χ2n) is 9.21. The number of aromatic nitrogens is 2. The maximum Gasteiger partial charge on any atom is 0.236 e. The zero-order valence-electron chi connectivity index (χ0n) is 19.4. The summed E-state index contributed by atoms with van der Waals surface area (Å²) < 4.78 is 31.7. The van der Waals surface area contributed by atoms with Crippen LogP contribution in [0.3, 0.4) is 0 Å². The minimum Gasteiger partial charge on any atom is -0.489 e. The molecule has 1 aromatic carbocycles. The quantitative estimate of drug-likeness (QED) is 0.537. The topological polar surface area (TPSA) is 84.7 Å². The smallest absolute Gasteiger partial charge is 0.236 e. The largest absolute Gasteiger partial charge is 0.489 e. The average Bonchev–Trinajstić information content (AvgIpc) is 3.50. The number of ether oxygens (including phenoxy) is 1. The molecule has 0 bridgehead atoms. The molecular weight excluding hydrogens is 452 g/mol. The molecule has 34 heavy (non-hydrogen) atoms. The zero-order valence-corrected chi connectivity index (χ0v) is 20.2. The molecule has 2 saturated heterocycles. The van der Waals surface area contributed by atoms with Crippen LogP contribution in [0.5, 0.6) is 5.75 Å². The van der Waals surface area contributed by atoms with Crippen LogP contribution < -0.4 is 4.74 Å². The molecule has 0 saturated carbocycles. The van der Waals surface area contributed by atoms with Gasteiger partial charge in [0.25, 0.3) is 0 Å². The number of sulfone groups is 1. The van der Waals surface area contributed by atoms with Crippen LogP contribution in [-0.2, 0) is 14.6 Å². The van der Waals surface area contributed by atoms with Crippen molar-refractivity contribution in [1.29, 1.82) is 0 Å². The molecule has 0 spiro atoms. The Morgan fingerprint density at radius 2 is 1.82 bits per heavy atom. The van der Waals surface area contributed by atoms with Gasteiger partial charge in [0.15, 0.2) is 9.84 Å². The van der Waals surface area contributed by atoms with Gasteiger partial charge in [0, 0.05) is 44.0 Å². The standard InChI is InChI=1S/C25H30N4O4S/c1-34(31,32)22-5-6-23-19(16-22)8-15-29(23)24-7-4-21(17-26-24)33-20-9-13-27(14-10-20)18-25(30)28-11-2-3-12-28/h4-8,15-17,20H,2-3,9-14,18H2,1H3. The number of carbonyl (C=O) groups is 1. The van der Waals surface area contributed by atoms with Crippen molar-refractivity contribution in [2.24, 2.45) is 0 Å². The highest BCUT2D eigenvalue weighted by atomic mass is 32.2. The third-order valence-electron chi connectivity index (χ3n) is 6.71. The number of fused-ring (bicyclic) bond motifs is 1. The van der Waals surface area contributed by atoms with Crippen molar-refractivity contribution in [3.05, 3.63) is 48.8 Å². The second kappa shape index (κ2) is 9.38. The fourth-order valence-electron chi connectivity index (χ4n) is 4.77. The maximum absolute atomic E-state index is 12.4. The molecule has 2 aliphatic rings. The van der Waals surface area contributed by atoms with E-state index in [0.29, 0.717) is 11.4 Å². The molecule has 0 N–H and O–H groups in total. The summed E-state index contributed by atoms with van der Waals surface area (Å²) in [6, 6.07) is 10.8. The van der Waals surface area contributed by atoms with Gasteiger partial charge in [0.2, 0.25) is 5.91 Å². The Morgan fingerprint density at radius 1 is 1.06 bits per heavy atom. The van der Waals surface area contributed by atoms with Crippen LogP contribution in [0.4, 0.5) is 0 Å². The van der Waals surface area contributed by atoms with Crippen LogP contribution >= 0.6 is 0 Å². The van der Waals surface area contributed by atoms with Gasteiger partial charge in [-0.15, -0.1) is 0 Å². The minimum atomic E-state index is -3.25. The van der Waals surface area contributed by atoms with E-state index in [0.717, 1.165) is 74.3 Å². The molecule has 5 rings (SSSR count). The van der Waals surface area contributed by atoms with Crippen LogP contribution in [-0.4, -0.2) is 78.8 Å². The Hall–Kier alpha value is -2.91. The molecule has 0 atom stereocenters. The lowest BCUT2D eigenvalue weighted by atomic mass is 10.1. The Morgan fingerprint density at radius 3 is 2.50 bits per heavy atom. The molecule has 2 fully saturated rings. The van der Waals surface area contributed by atoms with Gasteiger partial charge in [-0.05, 0) is 62.1 Å². The summed E-state index contributed by atoms with van der Waals surface area (Å²) in [5, 5.41) is 0.847. The van der Waals surface area contributed by atoms with E-state index in [-0.39, 0.29) is 12.0 Å². The molecule has 180 valence electrons. The van der Waals surface area contributed by atoms with Crippen LogP contribution in [0.2, 0.25) is 0 Å². The number of rotatable bonds is 6. The van der Waals surface area contributed by atoms with E-state index in [1.54, 1.807) is 24.4 Å². The minimum absolute atomic E-state index is 0.118. The first-order chi connectivity index (χ1) is 16.4. The Balaban J connectivity index is 1.18. The van der Waals surface area contributed by atoms with E-state index in [1.165, 1.54) is 6.26 Å². The fourth-order valence-corrected chi connectivity index (χ4v) is 5.43. The van der Waals surface area contributed by atoms with Gasteiger partial charge in [0.05, 0.1) is 23.2 Å². The number of amides is 1. The predicted molar refractivity (Wildman–Crippen MR) is 130 cm³/mol. The highest BCUT2D eigenvalue weighted by molar-refractivity contribution is 7.90. The second-order valence-corrected chi connectivity index (χ2v) is 11.2. The molecule has 2 aliphatic heterocycles. The van der Waals surface area contributed by atoms with E-state index < -0.39 is 9.84 Å². The first-order valence-electron chi connectivity index (χ1n) is 11.8. The van der Waals surface area contributed by atoms with Crippen molar-refractivity contribution in [2.75, 3.05) is 39.0 Å². The number of hydrogen-bond donors (Lipinski definition) is 0. The molecule has 8 nitrogen and oxygen atoms in total. The summed E-state index contributed by atoms with van der Waals surface area (Å²) in [6.45, 7) is 4.05. The normalized spacial score (nSPS) is 18.0. The van der Waals surface area contributed by atoms with E-state index in [9.17, 15) is 13.2 Å². The molecule has 9 heteroatoms. The highest BCUT2D eigenvalue weighted by Gasteiger charge is 2.25. The summed E-state index contributed by atoms with van der Waals surface area (Å²) in [7, 11) is -3.25. The van der Waals surface area contributed by atoms with Gasteiger partial charge >= 0.3 is 0 Å². The summed E-state index contributed by atoms with van der Waals surface area (Å²) in [4.78, 5) is 21.5. The first kappa shape index (κ1) is 22.9. The van der Waals surface area contributed by atoms with Gasteiger partial charge in [-0.1, -0.05) is 0 Å². The number of likely N-dealkylation sites (tertiary alicyclic amines) is 2. The molecule has 0 aliphatic carbocycles. The van der Waals surface area contributed by atoms with Gasteiger partial charge in [-0.2, -0.15) is 0 Å². The average molecular weight is 483 g/mol. The number of benzene rings is 1. The molecular formula is C25H30N4O4S. The zero-order chi connectivity index (χ0) is 23.7. The first-order valence-corrected chi connectivity index (χ1v) is 13.7. The van der Waals surface area contributed by atoms with Crippen LogP contribution in [0.15, 0.2) is 53.7 Å². The number of carbonyl (C=O) groups excluding carboxylic acids is 1. The summed E-state index contributed by atoms with van der Waals surface area (Å²) in [6.07, 6.45) is 8.97. The van der Waals surface area contributed by atoms with Gasteiger partial charge in [-0.3, -0.25) is 9.69 Å². The third-order valence-corrected chi connectivity index (χ3v) is 7.82. The third kappa shape index (κ3) is 4.95. The van der Waals surface area contributed by atoms with E-state index in [1.807, 2.05) is 33.9 Å². The number of hydrogen-bond acceptors (Lipinski definition) is 6.